The number of hydrogen-bond donors (Lipinski definition) is 2. The summed E-state index contributed by atoms with van der Waals surface area (Å²) in [4.78, 5) is 15.3. The van der Waals surface area contributed by atoms with E-state index in [1.165, 1.54) is 19.8 Å². The quantitative estimate of drug-likeness (QED) is 0.601. The minimum atomic E-state index is -0.340. The van der Waals surface area contributed by atoms with Crippen molar-refractivity contribution in [2.45, 2.75) is 25.4 Å². The summed E-state index contributed by atoms with van der Waals surface area (Å²) in [5, 5.41) is 13.5. The van der Waals surface area contributed by atoms with Gasteiger partial charge in [-0.3, -0.25) is 9.69 Å². The van der Waals surface area contributed by atoms with E-state index in [0.29, 0.717) is 9.32 Å². The summed E-state index contributed by atoms with van der Waals surface area (Å²) in [6.45, 7) is 2.75. The van der Waals surface area contributed by atoms with Gasteiger partial charge in [-0.05, 0) is 41.0 Å². The molecule has 1 fully saturated rings. The lowest BCUT2D eigenvalue weighted by atomic mass is 10.0. The molecule has 1 saturated heterocycles. The van der Waals surface area contributed by atoms with Crippen LogP contribution in [0.5, 0.6) is 17.2 Å². The second-order valence-electron chi connectivity index (χ2n) is 6.83. The van der Waals surface area contributed by atoms with Crippen LogP contribution in [0.2, 0.25) is 0 Å². The molecule has 0 radical (unpaired) electrons. The normalized spacial score (nSPS) is 15.2. The number of aromatic hydroxyl groups is 1. The van der Waals surface area contributed by atoms with Gasteiger partial charge in [0, 0.05) is 31.7 Å². The third-order valence-electron chi connectivity index (χ3n) is 4.99. The molecule has 1 aliphatic rings. The molecule has 7 heteroatoms. The maximum atomic E-state index is 12.9. The zero-order chi connectivity index (χ0) is 20.1. The first-order chi connectivity index (χ1) is 13.5. The topological polar surface area (TPSA) is 71.0 Å². The fraction of sp³-hybridized carbons (Fsp3) is 0.381. The van der Waals surface area contributed by atoms with Gasteiger partial charge in [-0.15, -0.1) is 0 Å². The number of piperidine rings is 1. The van der Waals surface area contributed by atoms with Crippen molar-refractivity contribution in [1.82, 2.24) is 10.2 Å². The molecule has 0 saturated carbocycles. The Morgan fingerprint density at radius 2 is 1.89 bits per heavy atom. The second-order valence-corrected chi connectivity index (χ2v) is 7.99. The van der Waals surface area contributed by atoms with Crippen LogP contribution in [0.4, 0.5) is 0 Å². The van der Waals surface area contributed by atoms with E-state index >= 15 is 0 Å². The third kappa shape index (κ3) is 4.70. The average molecular weight is 496 g/mol. The zero-order valence-corrected chi connectivity index (χ0v) is 18.2. The number of phenols is 1. The average Bonchev–Trinajstić information content (AvgIpc) is 2.71. The first-order valence-corrected chi connectivity index (χ1v) is 10.3. The van der Waals surface area contributed by atoms with Crippen molar-refractivity contribution in [1.29, 1.82) is 0 Å². The number of rotatable bonds is 6. The van der Waals surface area contributed by atoms with Gasteiger partial charge in [-0.25, -0.2) is 0 Å². The Balaban J connectivity index is 1.64. The van der Waals surface area contributed by atoms with E-state index < -0.39 is 0 Å². The van der Waals surface area contributed by atoms with Gasteiger partial charge in [0.15, 0.2) is 11.5 Å². The molecule has 150 valence electrons. The highest BCUT2D eigenvalue weighted by Gasteiger charge is 2.27. The number of halogens is 1. The van der Waals surface area contributed by atoms with Gasteiger partial charge in [0.1, 0.15) is 11.3 Å². The molecule has 1 aliphatic heterocycles. The lowest BCUT2D eigenvalue weighted by molar-refractivity contribution is 0.0902. The summed E-state index contributed by atoms with van der Waals surface area (Å²) in [6, 6.07) is 12.1. The van der Waals surface area contributed by atoms with Crippen molar-refractivity contribution >= 4 is 28.5 Å². The molecule has 28 heavy (non-hydrogen) atoms. The molecule has 6 nitrogen and oxygen atoms in total. The SMILES string of the molecule is COc1cc(I)c(O)c(C(=O)NC2CCN(Cc3ccccc3)CC2)c1OC. The van der Waals surface area contributed by atoms with E-state index in [1.54, 1.807) is 6.07 Å². The molecule has 0 aromatic heterocycles. The summed E-state index contributed by atoms with van der Waals surface area (Å²) in [5.74, 6) is 0.247. The highest BCUT2D eigenvalue weighted by atomic mass is 127. The first kappa shape index (κ1) is 20.7. The van der Waals surface area contributed by atoms with Crippen molar-refractivity contribution in [2.75, 3.05) is 27.3 Å². The Labute approximate surface area is 179 Å². The highest BCUT2D eigenvalue weighted by molar-refractivity contribution is 14.1. The summed E-state index contributed by atoms with van der Waals surface area (Å²) < 4.78 is 11.2. The number of carbonyl (C=O) groups is 1. The Morgan fingerprint density at radius 3 is 2.50 bits per heavy atom. The number of phenolic OH excluding ortho intramolecular Hbond substituents is 1. The molecule has 3 rings (SSSR count). The summed E-state index contributed by atoms with van der Waals surface area (Å²) in [7, 11) is 2.97. The fourth-order valence-electron chi connectivity index (χ4n) is 3.50. The van der Waals surface area contributed by atoms with Crippen molar-refractivity contribution in [3.05, 3.63) is 51.1 Å². The number of benzene rings is 2. The number of nitrogens with one attached hydrogen (secondary N) is 1. The molecule has 0 atom stereocenters. The number of amides is 1. The fourth-order valence-corrected chi connectivity index (χ4v) is 4.05. The van der Waals surface area contributed by atoms with Crippen molar-refractivity contribution in [3.63, 3.8) is 0 Å². The van der Waals surface area contributed by atoms with E-state index in [9.17, 15) is 9.90 Å². The van der Waals surface area contributed by atoms with Crippen molar-refractivity contribution in [2.24, 2.45) is 0 Å². The minimum absolute atomic E-state index is 0.0625. The lowest BCUT2D eigenvalue weighted by Crippen LogP contribution is -2.44. The largest absolute Gasteiger partial charge is 0.506 e. The monoisotopic (exact) mass is 496 g/mol. The third-order valence-corrected chi connectivity index (χ3v) is 5.82. The van der Waals surface area contributed by atoms with Crippen LogP contribution in [0.1, 0.15) is 28.8 Å². The minimum Gasteiger partial charge on any atom is -0.506 e. The van der Waals surface area contributed by atoms with Crippen LogP contribution < -0.4 is 14.8 Å². The maximum Gasteiger partial charge on any atom is 0.259 e. The van der Waals surface area contributed by atoms with E-state index in [4.69, 9.17) is 9.47 Å². The standard InChI is InChI=1S/C21H25IN2O4/c1-27-17-12-16(22)19(25)18(20(17)28-2)21(26)23-15-8-10-24(11-9-15)13-14-6-4-3-5-7-14/h3-7,12,15,25H,8-11,13H2,1-2H3,(H,23,26). The molecular weight excluding hydrogens is 471 g/mol. The number of ether oxygens (including phenoxy) is 2. The molecule has 2 N–H and O–H groups in total. The lowest BCUT2D eigenvalue weighted by Gasteiger charge is -2.32. The van der Waals surface area contributed by atoms with Crippen LogP contribution in [-0.4, -0.2) is 49.3 Å². The van der Waals surface area contributed by atoms with Gasteiger partial charge in [-0.1, -0.05) is 30.3 Å². The van der Waals surface area contributed by atoms with E-state index in [2.05, 4.69) is 34.5 Å². The van der Waals surface area contributed by atoms with Crippen molar-refractivity contribution < 1.29 is 19.4 Å². The first-order valence-electron chi connectivity index (χ1n) is 9.24. The molecule has 1 heterocycles. The predicted molar refractivity (Wildman–Crippen MR) is 116 cm³/mol. The molecule has 0 unspecified atom stereocenters. The molecule has 0 spiro atoms. The van der Waals surface area contributed by atoms with Crippen LogP contribution in [0.3, 0.4) is 0 Å². The number of likely N-dealkylation sites (tertiary alicyclic amines) is 1. The summed E-state index contributed by atoms with van der Waals surface area (Å²) >= 11 is 1.98. The van der Waals surface area contributed by atoms with Crippen LogP contribution in [0, 0.1) is 3.57 Å². The second kappa shape index (κ2) is 9.47. The van der Waals surface area contributed by atoms with Crippen molar-refractivity contribution in [3.8, 4) is 17.2 Å². The van der Waals surface area contributed by atoms with E-state index in [-0.39, 0.29) is 29.0 Å². The maximum absolute atomic E-state index is 12.9. The highest BCUT2D eigenvalue weighted by Crippen LogP contribution is 2.40. The van der Waals surface area contributed by atoms with Crippen LogP contribution in [-0.2, 0) is 6.54 Å². The Hall–Kier alpha value is -2.00. The number of methoxy groups -OCH3 is 2. The van der Waals surface area contributed by atoms with E-state index in [1.807, 2.05) is 28.7 Å². The Kier molecular flexibility index (Phi) is 7.01. The van der Waals surface area contributed by atoms with Gasteiger partial charge < -0.3 is 19.9 Å². The predicted octanol–water partition coefficient (Wildman–Crippen LogP) is 3.41. The molecule has 1 amide bonds. The van der Waals surface area contributed by atoms with E-state index in [0.717, 1.165) is 32.5 Å². The van der Waals surface area contributed by atoms with Gasteiger partial charge in [0.05, 0.1) is 17.8 Å². The molecule has 2 aromatic carbocycles. The number of carbonyl (C=O) groups excluding carboxylic acids is 1. The molecular formula is C21H25IN2O4. The molecule has 0 aliphatic carbocycles. The van der Waals surface area contributed by atoms with Gasteiger partial charge >= 0.3 is 0 Å². The summed E-state index contributed by atoms with van der Waals surface area (Å²) in [5.41, 5.74) is 1.42. The van der Waals surface area contributed by atoms with Gasteiger partial charge in [-0.2, -0.15) is 0 Å². The Bertz CT molecular complexity index is 821. The molecule has 2 aromatic rings. The zero-order valence-electron chi connectivity index (χ0n) is 16.1. The number of nitrogens with zero attached hydrogens (tertiary/aromatic N) is 1. The summed E-state index contributed by atoms with van der Waals surface area (Å²) in [6.07, 6.45) is 1.73. The van der Waals surface area contributed by atoms with Gasteiger partial charge in [0.2, 0.25) is 0 Å². The van der Waals surface area contributed by atoms with Crippen LogP contribution >= 0.6 is 22.6 Å². The van der Waals surface area contributed by atoms with Crippen LogP contribution in [0.25, 0.3) is 0 Å². The number of hydrogen-bond acceptors (Lipinski definition) is 5. The molecule has 0 bridgehead atoms. The Morgan fingerprint density at radius 1 is 1.21 bits per heavy atom. The smallest absolute Gasteiger partial charge is 0.259 e. The van der Waals surface area contributed by atoms with Gasteiger partial charge in [0.25, 0.3) is 5.91 Å². The van der Waals surface area contributed by atoms with Crippen LogP contribution in [0.15, 0.2) is 36.4 Å².